The van der Waals surface area contributed by atoms with Gasteiger partial charge in [0.2, 0.25) is 11.8 Å². The van der Waals surface area contributed by atoms with E-state index in [1.165, 1.54) is 0 Å². The summed E-state index contributed by atoms with van der Waals surface area (Å²) < 4.78 is 21.1. The van der Waals surface area contributed by atoms with E-state index in [2.05, 4.69) is 16.3 Å². The fourth-order valence-electron chi connectivity index (χ4n) is 6.27. The van der Waals surface area contributed by atoms with E-state index in [1.54, 1.807) is 15.2 Å². The van der Waals surface area contributed by atoms with Gasteiger partial charge in [-0.2, -0.15) is 4.98 Å². The third kappa shape index (κ3) is 8.25. The average Bonchev–Trinajstić information content (AvgIpc) is 3.36. The number of imidazole rings is 1. The quantitative estimate of drug-likeness (QED) is 0.162. The molecule has 10 nitrogen and oxygen atoms in total. The van der Waals surface area contributed by atoms with Crippen molar-refractivity contribution in [2.45, 2.75) is 58.8 Å². The van der Waals surface area contributed by atoms with Crippen molar-refractivity contribution in [1.29, 1.82) is 0 Å². The molecule has 1 fully saturated rings. The Morgan fingerprint density at radius 3 is 2.14 bits per heavy atom. The number of pyridine rings is 1. The number of ether oxygens (including phenoxy) is 3. The van der Waals surface area contributed by atoms with Crippen LogP contribution in [-0.2, 0) is 25.0 Å². The molecule has 1 amide bonds. The van der Waals surface area contributed by atoms with Gasteiger partial charge in [0.1, 0.15) is 24.5 Å². The molecule has 0 atom stereocenters. The van der Waals surface area contributed by atoms with E-state index in [9.17, 15) is 9.59 Å². The summed E-state index contributed by atoms with van der Waals surface area (Å²) in [5, 5.41) is 2.89. The van der Waals surface area contributed by atoms with Gasteiger partial charge in [0.05, 0.1) is 16.7 Å². The summed E-state index contributed by atoms with van der Waals surface area (Å²) >= 11 is 0. The second-order valence-electron chi connectivity index (χ2n) is 13.5. The van der Waals surface area contributed by atoms with E-state index < -0.39 is 5.60 Å². The van der Waals surface area contributed by atoms with Crippen LogP contribution >= 0.6 is 0 Å². The molecule has 5 aromatic rings. The number of para-hydroxylation sites is 1. The fraction of sp³-hybridized carbons (Fsp3) is 0.359. The summed E-state index contributed by atoms with van der Waals surface area (Å²) in [5.41, 5.74) is 4.52. The highest BCUT2D eigenvalue weighted by Crippen LogP contribution is 2.33. The normalized spacial score (nSPS) is 13.8. The molecule has 10 heteroatoms. The molecule has 0 unspecified atom stereocenters. The predicted octanol–water partition coefficient (Wildman–Crippen LogP) is 7.01. The minimum absolute atomic E-state index is 0.185. The number of nitrogens with one attached hydrogen (secondary N) is 1. The molecule has 2 aromatic heterocycles. The van der Waals surface area contributed by atoms with Crippen LogP contribution in [0.2, 0.25) is 0 Å². The summed E-state index contributed by atoms with van der Waals surface area (Å²) in [7, 11) is 1.81. The van der Waals surface area contributed by atoms with E-state index >= 15 is 0 Å². The number of anilines is 1. The van der Waals surface area contributed by atoms with Gasteiger partial charge >= 0.3 is 11.8 Å². The molecule has 1 aliphatic rings. The maximum absolute atomic E-state index is 14.0. The molecule has 1 N–H and O–H groups in total. The monoisotopic (exact) mass is 663 g/mol. The predicted molar refractivity (Wildman–Crippen MR) is 192 cm³/mol. The molecule has 49 heavy (non-hydrogen) atoms. The maximum atomic E-state index is 14.0. The number of carbonyl (C=O) groups is 1. The van der Waals surface area contributed by atoms with Gasteiger partial charge in [0, 0.05) is 32.7 Å². The van der Waals surface area contributed by atoms with Crippen molar-refractivity contribution in [3.63, 3.8) is 0 Å². The Labute approximate surface area is 287 Å². The Kier molecular flexibility index (Phi) is 10.2. The van der Waals surface area contributed by atoms with Gasteiger partial charge in [-0.3, -0.25) is 9.13 Å². The zero-order valence-corrected chi connectivity index (χ0v) is 28.7. The number of piperidine rings is 1. The smallest absolute Gasteiger partial charge is 0.407 e. The van der Waals surface area contributed by atoms with E-state index in [-0.39, 0.29) is 18.4 Å². The Morgan fingerprint density at radius 1 is 0.837 bits per heavy atom. The summed E-state index contributed by atoms with van der Waals surface area (Å²) in [6, 6.07) is 29.5. The van der Waals surface area contributed by atoms with Crippen molar-refractivity contribution >= 4 is 22.8 Å². The Bertz CT molecular complexity index is 1920. The highest BCUT2D eigenvalue weighted by atomic mass is 16.6. The number of hydrogen-bond acceptors (Lipinski definition) is 7. The van der Waals surface area contributed by atoms with Gasteiger partial charge in [-0.1, -0.05) is 66.7 Å². The van der Waals surface area contributed by atoms with Gasteiger partial charge in [0.15, 0.2) is 0 Å². The fourth-order valence-corrected chi connectivity index (χ4v) is 6.27. The van der Waals surface area contributed by atoms with Crippen LogP contribution in [-0.4, -0.2) is 45.4 Å². The number of aromatic nitrogens is 3. The molecule has 0 bridgehead atoms. The molecule has 0 radical (unpaired) electrons. The van der Waals surface area contributed by atoms with Crippen molar-refractivity contribution in [2.75, 3.05) is 24.5 Å². The van der Waals surface area contributed by atoms with Gasteiger partial charge in [-0.05, 0) is 75.3 Å². The third-order valence-corrected chi connectivity index (χ3v) is 8.73. The van der Waals surface area contributed by atoms with Crippen LogP contribution in [0.4, 0.5) is 10.5 Å². The van der Waals surface area contributed by atoms with Crippen molar-refractivity contribution in [2.24, 2.45) is 13.0 Å². The lowest BCUT2D eigenvalue weighted by molar-refractivity contribution is 0.0524. The van der Waals surface area contributed by atoms with Gasteiger partial charge in [-0.25, -0.2) is 9.59 Å². The molecule has 3 aromatic carbocycles. The summed E-state index contributed by atoms with van der Waals surface area (Å²) in [6.45, 7) is 8.54. The highest BCUT2D eigenvalue weighted by molar-refractivity contribution is 5.91. The molecule has 3 heterocycles. The third-order valence-electron chi connectivity index (χ3n) is 8.73. The van der Waals surface area contributed by atoms with Crippen LogP contribution in [0.25, 0.3) is 16.7 Å². The van der Waals surface area contributed by atoms with Crippen LogP contribution in [0.15, 0.2) is 95.8 Å². The molecule has 1 aliphatic heterocycles. The number of amides is 1. The molecule has 0 saturated carbocycles. The van der Waals surface area contributed by atoms with Crippen LogP contribution in [0, 0.1) is 5.92 Å². The highest BCUT2D eigenvalue weighted by Gasteiger charge is 2.25. The number of alkyl carbamates (subject to hydrolysis) is 1. The first-order chi connectivity index (χ1) is 23.7. The standard InChI is InChI=1S/C39H45N5O5/c1-39(2,3)49-37(45)40-23-20-28-21-24-43(25-22-28)31-16-11-17-32-35(31)42(4)38(46)44(32)33-18-19-34(47-26-29-12-7-5-8-13-29)41-36(33)48-27-30-14-9-6-10-15-30/h5-19,28H,20-27H2,1-4H3,(H,40,45). The topological polar surface area (TPSA) is 99.9 Å². The number of rotatable bonds is 11. The number of benzene rings is 3. The number of carbonyl (C=O) groups excluding carboxylic acids is 1. The van der Waals surface area contributed by atoms with Gasteiger partial charge in [-0.15, -0.1) is 0 Å². The first-order valence-corrected chi connectivity index (χ1v) is 16.9. The average molecular weight is 664 g/mol. The van der Waals surface area contributed by atoms with Crippen molar-refractivity contribution in [3.05, 3.63) is 113 Å². The van der Waals surface area contributed by atoms with Crippen molar-refractivity contribution in [1.82, 2.24) is 19.4 Å². The van der Waals surface area contributed by atoms with Gasteiger partial charge < -0.3 is 24.4 Å². The summed E-state index contributed by atoms with van der Waals surface area (Å²) in [6.07, 6.45) is 2.51. The summed E-state index contributed by atoms with van der Waals surface area (Å²) in [5.74, 6) is 1.22. The number of aryl methyl sites for hydroxylation is 1. The molecule has 6 rings (SSSR count). The molecular formula is C39H45N5O5. The molecule has 256 valence electrons. The number of hydrogen-bond donors (Lipinski definition) is 1. The van der Waals surface area contributed by atoms with Crippen LogP contribution in [0.1, 0.15) is 51.2 Å². The van der Waals surface area contributed by atoms with Crippen molar-refractivity contribution < 1.29 is 19.0 Å². The van der Waals surface area contributed by atoms with Gasteiger partial charge in [0.25, 0.3) is 0 Å². The second-order valence-corrected chi connectivity index (χ2v) is 13.5. The number of fused-ring (bicyclic) bond motifs is 1. The van der Waals surface area contributed by atoms with Crippen LogP contribution in [0.3, 0.4) is 0 Å². The van der Waals surface area contributed by atoms with Crippen LogP contribution < -0.4 is 25.4 Å². The first kappa shape index (κ1) is 33.6. The lowest BCUT2D eigenvalue weighted by atomic mass is 9.93. The lowest BCUT2D eigenvalue weighted by Gasteiger charge is -2.34. The SMILES string of the molecule is Cn1c(=O)n(-c2ccc(OCc3ccccc3)nc2OCc2ccccc2)c2cccc(N3CCC(CCNC(=O)OC(C)(C)C)CC3)c21. The molecular weight excluding hydrogens is 618 g/mol. The Morgan fingerprint density at radius 2 is 1.49 bits per heavy atom. The van der Waals surface area contributed by atoms with E-state index in [0.717, 1.165) is 60.2 Å². The minimum atomic E-state index is -0.511. The van der Waals surface area contributed by atoms with Crippen molar-refractivity contribution in [3.8, 4) is 17.4 Å². The molecule has 1 saturated heterocycles. The van der Waals surface area contributed by atoms with E-state index in [4.69, 9.17) is 19.2 Å². The molecule has 0 spiro atoms. The summed E-state index contributed by atoms with van der Waals surface area (Å²) in [4.78, 5) is 33.2. The zero-order valence-electron chi connectivity index (χ0n) is 28.7. The Balaban J connectivity index is 1.23. The zero-order chi connectivity index (χ0) is 34.4. The largest absolute Gasteiger partial charge is 0.473 e. The van der Waals surface area contributed by atoms with E-state index in [1.807, 2.05) is 107 Å². The molecule has 0 aliphatic carbocycles. The second kappa shape index (κ2) is 14.9. The van der Waals surface area contributed by atoms with Crippen LogP contribution in [0.5, 0.6) is 11.8 Å². The number of nitrogens with zero attached hydrogens (tertiary/aromatic N) is 4. The first-order valence-electron chi connectivity index (χ1n) is 16.9. The maximum Gasteiger partial charge on any atom is 0.407 e. The minimum Gasteiger partial charge on any atom is -0.473 e. The Hall–Kier alpha value is -5.25. The lowest BCUT2D eigenvalue weighted by Crippen LogP contribution is -2.36. The van der Waals surface area contributed by atoms with E-state index in [0.29, 0.717) is 36.5 Å².